The number of hydrogen-bond acceptors (Lipinski definition) is 3. The van der Waals surface area contributed by atoms with Gasteiger partial charge in [0.1, 0.15) is 11.3 Å². The Kier molecular flexibility index (Phi) is 3.71. The van der Waals surface area contributed by atoms with Crippen LogP contribution in [0, 0.1) is 5.92 Å². The minimum absolute atomic E-state index is 0.394. The van der Waals surface area contributed by atoms with E-state index in [9.17, 15) is 0 Å². The van der Waals surface area contributed by atoms with Gasteiger partial charge in [0.15, 0.2) is 0 Å². The van der Waals surface area contributed by atoms with Crippen molar-refractivity contribution in [3.8, 4) is 0 Å². The van der Waals surface area contributed by atoms with Gasteiger partial charge < -0.3 is 9.30 Å². The third-order valence-electron chi connectivity index (χ3n) is 4.04. The molecule has 0 saturated carbocycles. The fraction of sp³-hybridized carbons (Fsp3) is 0.571. The molecule has 0 N–H and O–H groups in total. The molecule has 1 aliphatic heterocycles. The van der Waals surface area contributed by atoms with Crippen LogP contribution in [-0.2, 0) is 10.6 Å². The molecule has 0 aromatic carbocycles. The van der Waals surface area contributed by atoms with Crippen molar-refractivity contribution in [2.45, 2.75) is 31.7 Å². The lowest BCUT2D eigenvalue weighted by Gasteiger charge is -2.30. The molecule has 0 amide bonds. The summed E-state index contributed by atoms with van der Waals surface area (Å²) in [7, 11) is 0. The zero-order valence-electron chi connectivity index (χ0n) is 11.1. The predicted octanol–water partition coefficient (Wildman–Crippen LogP) is 3.16. The summed E-state index contributed by atoms with van der Waals surface area (Å²) in [4.78, 5) is 8.72. The van der Waals surface area contributed by atoms with Gasteiger partial charge in [0.25, 0.3) is 0 Å². The second-order valence-electron chi connectivity index (χ2n) is 5.09. The Bertz CT molecular complexity index is 563. The SMILES string of the molecule is CC(C1CCOCC1)n1c(CCl)nc2cnccc21. The van der Waals surface area contributed by atoms with E-state index in [1.165, 1.54) is 0 Å². The number of aromatic nitrogens is 3. The van der Waals surface area contributed by atoms with Crippen LogP contribution in [0.3, 0.4) is 0 Å². The summed E-state index contributed by atoms with van der Waals surface area (Å²) in [5, 5.41) is 0. The van der Waals surface area contributed by atoms with Crippen molar-refractivity contribution in [1.82, 2.24) is 14.5 Å². The molecule has 1 atom stereocenters. The Morgan fingerprint density at radius 3 is 3.00 bits per heavy atom. The summed E-state index contributed by atoms with van der Waals surface area (Å²) in [6.45, 7) is 3.98. The Balaban J connectivity index is 2.02. The third-order valence-corrected chi connectivity index (χ3v) is 4.28. The molecule has 0 radical (unpaired) electrons. The number of pyridine rings is 1. The van der Waals surface area contributed by atoms with E-state index in [0.717, 1.165) is 42.9 Å². The number of imidazole rings is 1. The summed E-state index contributed by atoms with van der Waals surface area (Å²) >= 11 is 6.06. The molecule has 0 bridgehead atoms. The lowest BCUT2D eigenvalue weighted by molar-refractivity contribution is 0.0516. The van der Waals surface area contributed by atoms with E-state index in [1.807, 2.05) is 12.3 Å². The van der Waals surface area contributed by atoms with Crippen LogP contribution in [0.15, 0.2) is 18.5 Å². The molecule has 3 heterocycles. The summed E-state index contributed by atoms with van der Waals surface area (Å²) in [5.41, 5.74) is 2.06. The average Bonchev–Trinajstić information content (AvgIpc) is 2.86. The van der Waals surface area contributed by atoms with Crippen molar-refractivity contribution >= 4 is 22.6 Å². The molecular weight excluding hydrogens is 262 g/mol. The first kappa shape index (κ1) is 12.9. The summed E-state index contributed by atoms with van der Waals surface area (Å²) in [5.74, 6) is 1.99. The molecule has 0 spiro atoms. The molecule has 1 unspecified atom stereocenters. The van der Waals surface area contributed by atoms with Crippen LogP contribution >= 0.6 is 11.6 Å². The topological polar surface area (TPSA) is 39.9 Å². The quantitative estimate of drug-likeness (QED) is 0.810. The molecular formula is C14H18ClN3O. The number of fused-ring (bicyclic) bond motifs is 1. The van der Waals surface area contributed by atoms with Crippen molar-refractivity contribution in [3.05, 3.63) is 24.3 Å². The van der Waals surface area contributed by atoms with Crippen molar-refractivity contribution in [3.63, 3.8) is 0 Å². The fourth-order valence-electron chi connectivity index (χ4n) is 2.96. The van der Waals surface area contributed by atoms with E-state index >= 15 is 0 Å². The summed E-state index contributed by atoms with van der Waals surface area (Å²) in [6, 6.07) is 2.42. The van der Waals surface area contributed by atoms with Gasteiger partial charge in [0, 0.05) is 25.5 Å². The van der Waals surface area contributed by atoms with Gasteiger partial charge in [-0.05, 0) is 31.7 Å². The van der Waals surface area contributed by atoms with Gasteiger partial charge in [-0.2, -0.15) is 0 Å². The van der Waals surface area contributed by atoms with Crippen LogP contribution in [0.1, 0.15) is 31.6 Å². The highest BCUT2D eigenvalue weighted by Crippen LogP contribution is 2.31. The molecule has 3 rings (SSSR count). The van der Waals surface area contributed by atoms with Crippen molar-refractivity contribution < 1.29 is 4.74 Å². The van der Waals surface area contributed by atoms with Crippen molar-refractivity contribution in [2.24, 2.45) is 5.92 Å². The standard InChI is InChI=1S/C14H18ClN3O/c1-10(11-3-6-19-7-4-11)18-13-2-5-16-9-12(13)17-14(18)8-15/h2,5,9-11H,3-4,6-8H2,1H3. The summed E-state index contributed by atoms with van der Waals surface area (Å²) < 4.78 is 7.73. The van der Waals surface area contributed by atoms with E-state index in [1.54, 1.807) is 6.20 Å². The number of rotatable bonds is 3. The number of halogens is 1. The highest BCUT2D eigenvalue weighted by atomic mass is 35.5. The average molecular weight is 280 g/mol. The lowest BCUT2D eigenvalue weighted by atomic mass is 9.92. The van der Waals surface area contributed by atoms with Crippen LogP contribution < -0.4 is 0 Å². The van der Waals surface area contributed by atoms with E-state index < -0.39 is 0 Å². The van der Waals surface area contributed by atoms with Crippen LogP contribution in [-0.4, -0.2) is 27.7 Å². The number of ether oxygens (including phenoxy) is 1. The van der Waals surface area contributed by atoms with Crippen LogP contribution in [0.5, 0.6) is 0 Å². The zero-order valence-corrected chi connectivity index (χ0v) is 11.8. The minimum atomic E-state index is 0.394. The zero-order chi connectivity index (χ0) is 13.2. The number of alkyl halides is 1. The molecule has 2 aromatic rings. The first-order valence-corrected chi connectivity index (χ1v) is 7.29. The molecule has 1 fully saturated rings. The molecule has 5 heteroatoms. The van der Waals surface area contributed by atoms with Gasteiger partial charge in [-0.15, -0.1) is 11.6 Å². The maximum atomic E-state index is 6.06. The largest absolute Gasteiger partial charge is 0.381 e. The third kappa shape index (κ3) is 2.35. The highest BCUT2D eigenvalue weighted by Gasteiger charge is 2.25. The van der Waals surface area contributed by atoms with E-state index in [4.69, 9.17) is 16.3 Å². The second-order valence-corrected chi connectivity index (χ2v) is 5.35. The maximum Gasteiger partial charge on any atom is 0.125 e. The van der Waals surface area contributed by atoms with Crippen molar-refractivity contribution in [1.29, 1.82) is 0 Å². The molecule has 1 aliphatic rings. The monoisotopic (exact) mass is 279 g/mol. The van der Waals surface area contributed by atoms with Crippen LogP contribution in [0.2, 0.25) is 0 Å². The van der Waals surface area contributed by atoms with Crippen LogP contribution in [0.25, 0.3) is 11.0 Å². The van der Waals surface area contributed by atoms with Gasteiger partial charge in [-0.25, -0.2) is 4.98 Å². The van der Waals surface area contributed by atoms with Gasteiger partial charge in [-0.3, -0.25) is 4.98 Å². The molecule has 4 nitrogen and oxygen atoms in total. The normalized spacial score (nSPS) is 18.8. The molecule has 19 heavy (non-hydrogen) atoms. The Hall–Kier alpha value is -1.13. The predicted molar refractivity (Wildman–Crippen MR) is 75.3 cm³/mol. The Morgan fingerprint density at radius 2 is 2.26 bits per heavy atom. The maximum absolute atomic E-state index is 6.06. The second kappa shape index (κ2) is 5.47. The fourth-order valence-corrected chi connectivity index (χ4v) is 3.15. The molecule has 102 valence electrons. The van der Waals surface area contributed by atoms with Crippen LogP contribution in [0.4, 0.5) is 0 Å². The van der Waals surface area contributed by atoms with E-state index in [0.29, 0.717) is 17.8 Å². The Labute approximate surface area is 117 Å². The van der Waals surface area contributed by atoms with E-state index in [2.05, 4.69) is 21.5 Å². The van der Waals surface area contributed by atoms with E-state index in [-0.39, 0.29) is 0 Å². The highest BCUT2D eigenvalue weighted by molar-refractivity contribution is 6.16. The van der Waals surface area contributed by atoms with Gasteiger partial charge in [0.05, 0.1) is 17.6 Å². The van der Waals surface area contributed by atoms with Gasteiger partial charge in [0.2, 0.25) is 0 Å². The number of nitrogens with zero attached hydrogens (tertiary/aromatic N) is 3. The first-order chi connectivity index (χ1) is 9.31. The molecule has 2 aromatic heterocycles. The van der Waals surface area contributed by atoms with Crippen molar-refractivity contribution in [2.75, 3.05) is 13.2 Å². The van der Waals surface area contributed by atoms with Gasteiger partial charge in [-0.1, -0.05) is 0 Å². The smallest absolute Gasteiger partial charge is 0.125 e. The number of hydrogen-bond donors (Lipinski definition) is 0. The first-order valence-electron chi connectivity index (χ1n) is 6.76. The molecule has 0 aliphatic carbocycles. The lowest BCUT2D eigenvalue weighted by Crippen LogP contribution is -2.25. The summed E-state index contributed by atoms with van der Waals surface area (Å²) in [6.07, 6.45) is 5.83. The van der Waals surface area contributed by atoms with Gasteiger partial charge >= 0.3 is 0 Å². The molecule has 1 saturated heterocycles. The minimum Gasteiger partial charge on any atom is -0.381 e. The Morgan fingerprint density at radius 1 is 1.47 bits per heavy atom.